The van der Waals surface area contributed by atoms with Gasteiger partial charge in [0.1, 0.15) is 17.1 Å². The second-order valence-electron chi connectivity index (χ2n) is 11.8. The SMILES string of the molecule is COc1ccc([C@H](Cc2c(Cl)cncc2Cl)OC(=O)c2ccc(CNC(CO)(C(=O)OC3CCN(C)CC3)c3ccccc3)s2)cc1OC. The Balaban J connectivity index is 1.35. The first-order valence-electron chi connectivity index (χ1n) is 15.8. The molecular weight excluding hydrogens is 689 g/mol. The van der Waals surface area contributed by atoms with Crippen molar-refractivity contribution in [3.05, 3.63) is 110 Å². The summed E-state index contributed by atoms with van der Waals surface area (Å²) in [6, 6.07) is 17.7. The highest BCUT2D eigenvalue weighted by Gasteiger charge is 2.42. The number of thiophene rings is 1. The summed E-state index contributed by atoms with van der Waals surface area (Å²) in [7, 11) is 5.10. The van der Waals surface area contributed by atoms with E-state index in [4.69, 9.17) is 42.1 Å². The van der Waals surface area contributed by atoms with Crippen LogP contribution in [0.5, 0.6) is 11.5 Å². The van der Waals surface area contributed by atoms with E-state index in [-0.39, 0.29) is 19.1 Å². The molecule has 260 valence electrons. The number of hydrogen-bond acceptors (Lipinski definition) is 11. The molecule has 10 nitrogen and oxygen atoms in total. The third-order valence-electron chi connectivity index (χ3n) is 8.59. The van der Waals surface area contributed by atoms with Crippen molar-refractivity contribution in [3.8, 4) is 11.5 Å². The zero-order chi connectivity index (χ0) is 35.0. The van der Waals surface area contributed by atoms with Crippen LogP contribution in [0.25, 0.3) is 0 Å². The number of aliphatic hydroxyl groups is 1. The lowest BCUT2D eigenvalue weighted by atomic mass is 9.90. The number of halogens is 2. The number of aliphatic hydroxyl groups excluding tert-OH is 1. The lowest BCUT2D eigenvalue weighted by Gasteiger charge is -2.35. The number of likely N-dealkylation sites (tertiary alicyclic amines) is 1. The minimum atomic E-state index is -1.50. The van der Waals surface area contributed by atoms with Crippen LogP contribution in [0.15, 0.2) is 73.1 Å². The number of nitrogens with zero attached hydrogens (tertiary/aromatic N) is 2. The first kappa shape index (κ1) is 36.6. The zero-order valence-electron chi connectivity index (χ0n) is 27.5. The van der Waals surface area contributed by atoms with Crippen molar-refractivity contribution in [1.82, 2.24) is 15.2 Å². The van der Waals surface area contributed by atoms with E-state index in [0.717, 1.165) is 30.8 Å². The van der Waals surface area contributed by atoms with Crippen LogP contribution in [-0.2, 0) is 32.8 Å². The van der Waals surface area contributed by atoms with E-state index in [1.54, 1.807) is 42.5 Å². The highest BCUT2D eigenvalue weighted by atomic mass is 35.5. The highest BCUT2D eigenvalue weighted by Crippen LogP contribution is 2.36. The number of methoxy groups -OCH3 is 2. The number of nitrogens with one attached hydrogen (secondary N) is 1. The van der Waals surface area contributed by atoms with Crippen molar-refractivity contribution in [2.75, 3.05) is 41.0 Å². The summed E-state index contributed by atoms with van der Waals surface area (Å²) in [5, 5.41) is 14.7. The summed E-state index contributed by atoms with van der Waals surface area (Å²) in [6.07, 6.45) is 3.57. The Morgan fingerprint density at radius 2 is 1.71 bits per heavy atom. The minimum Gasteiger partial charge on any atom is -0.493 e. The van der Waals surface area contributed by atoms with Crippen molar-refractivity contribution in [2.45, 2.75) is 43.6 Å². The molecule has 4 aromatic rings. The van der Waals surface area contributed by atoms with Crippen LogP contribution < -0.4 is 14.8 Å². The molecule has 49 heavy (non-hydrogen) atoms. The second-order valence-corrected chi connectivity index (χ2v) is 13.7. The predicted octanol–water partition coefficient (Wildman–Crippen LogP) is 6.22. The van der Waals surface area contributed by atoms with Crippen LogP contribution in [0.4, 0.5) is 0 Å². The van der Waals surface area contributed by atoms with Gasteiger partial charge in [-0.2, -0.15) is 0 Å². The van der Waals surface area contributed by atoms with E-state index in [0.29, 0.717) is 43.1 Å². The summed E-state index contributed by atoms with van der Waals surface area (Å²) in [5.41, 5.74) is 0.303. The number of benzene rings is 2. The quantitative estimate of drug-likeness (QED) is 0.145. The summed E-state index contributed by atoms with van der Waals surface area (Å²) >= 11 is 14.1. The fourth-order valence-corrected chi connectivity index (χ4v) is 7.04. The number of pyridine rings is 1. The van der Waals surface area contributed by atoms with E-state index in [2.05, 4.69) is 15.2 Å². The van der Waals surface area contributed by atoms with Crippen molar-refractivity contribution in [2.24, 2.45) is 0 Å². The zero-order valence-corrected chi connectivity index (χ0v) is 29.8. The monoisotopic (exact) mass is 727 g/mol. The van der Waals surface area contributed by atoms with Gasteiger partial charge in [0.15, 0.2) is 17.0 Å². The van der Waals surface area contributed by atoms with E-state index in [1.807, 2.05) is 25.2 Å². The lowest BCUT2D eigenvalue weighted by Crippen LogP contribution is -2.54. The first-order chi connectivity index (χ1) is 23.7. The maximum Gasteiger partial charge on any atom is 0.348 e. The molecule has 1 aliphatic heterocycles. The minimum absolute atomic E-state index is 0.177. The second kappa shape index (κ2) is 16.8. The molecule has 0 radical (unpaired) electrons. The van der Waals surface area contributed by atoms with Crippen LogP contribution in [0.2, 0.25) is 10.0 Å². The highest BCUT2D eigenvalue weighted by molar-refractivity contribution is 7.13. The Hall–Kier alpha value is -3.71. The number of hydrogen-bond donors (Lipinski definition) is 2. The summed E-state index contributed by atoms with van der Waals surface area (Å²) in [5.74, 6) is -0.109. The molecule has 0 bridgehead atoms. The van der Waals surface area contributed by atoms with Gasteiger partial charge in [0, 0.05) is 43.3 Å². The molecule has 0 amide bonds. The number of ether oxygens (including phenoxy) is 4. The fourth-order valence-electron chi connectivity index (χ4n) is 5.69. The van der Waals surface area contributed by atoms with E-state index in [9.17, 15) is 14.7 Å². The summed E-state index contributed by atoms with van der Waals surface area (Å²) < 4.78 is 22.9. The molecule has 0 spiro atoms. The smallest absolute Gasteiger partial charge is 0.348 e. The molecule has 1 aliphatic rings. The molecule has 13 heteroatoms. The molecule has 2 aromatic heterocycles. The largest absolute Gasteiger partial charge is 0.493 e. The average Bonchev–Trinajstić information content (AvgIpc) is 3.60. The average molecular weight is 729 g/mol. The number of carbonyl (C=O) groups is 2. The topological polar surface area (TPSA) is 119 Å². The van der Waals surface area contributed by atoms with E-state index >= 15 is 0 Å². The maximum absolute atomic E-state index is 13.8. The molecule has 3 heterocycles. The van der Waals surface area contributed by atoms with Crippen molar-refractivity contribution in [1.29, 1.82) is 0 Å². The first-order valence-corrected chi connectivity index (χ1v) is 17.3. The van der Waals surface area contributed by atoms with Gasteiger partial charge in [-0.3, -0.25) is 10.3 Å². The van der Waals surface area contributed by atoms with Crippen LogP contribution in [0.1, 0.15) is 50.2 Å². The van der Waals surface area contributed by atoms with E-state index < -0.39 is 30.2 Å². The third-order valence-corrected chi connectivity index (χ3v) is 10.3. The van der Waals surface area contributed by atoms with Gasteiger partial charge in [-0.25, -0.2) is 9.59 Å². The van der Waals surface area contributed by atoms with Crippen LogP contribution in [0.3, 0.4) is 0 Å². The Morgan fingerprint density at radius 1 is 1.02 bits per heavy atom. The van der Waals surface area contributed by atoms with Gasteiger partial charge in [0.25, 0.3) is 0 Å². The Labute approximate surface area is 299 Å². The van der Waals surface area contributed by atoms with Gasteiger partial charge < -0.3 is 29.0 Å². The molecule has 2 atom stereocenters. The molecule has 1 fully saturated rings. The van der Waals surface area contributed by atoms with Gasteiger partial charge >= 0.3 is 11.9 Å². The molecule has 1 saturated heterocycles. The normalized spacial score (nSPS) is 15.6. The maximum atomic E-state index is 13.8. The Kier molecular flexibility index (Phi) is 12.5. The van der Waals surface area contributed by atoms with Gasteiger partial charge in [0.05, 0.1) is 30.9 Å². The molecule has 5 rings (SSSR count). The standard InChI is InChI=1S/C36H39Cl2N3O7S/c1-41-15-13-25(14-16-41)47-35(44)36(22-42,24-7-5-4-6-8-24)40-19-26-10-12-33(49-26)34(43)48-31(18-27-28(37)20-39-21-29(27)38)23-9-11-30(45-2)32(17-23)46-3/h4-12,17,20-21,25,31,40,42H,13-16,18-19,22H2,1-3H3/t31-,36?/m0/s1. The Bertz CT molecular complexity index is 1710. The molecule has 2 aromatic carbocycles. The van der Waals surface area contributed by atoms with Crippen molar-refractivity contribution in [3.63, 3.8) is 0 Å². The van der Waals surface area contributed by atoms with Gasteiger partial charge in [-0.05, 0) is 60.8 Å². The molecule has 0 aliphatic carbocycles. The number of piperidine rings is 1. The molecule has 0 saturated carbocycles. The lowest BCUT2D eigenvalue weighted by molar-refractivity contribution is -0.162. The van der Waals surface area contributed by atoms with Crippen molar-refractivity contribution < 1.29 is 33.6 Å². The van der Waals surface area contributed by atoms with Crippen molar-refractivity contribution >= 4 is 46.5 Å². The summed E-state index contributed by atoms with van der Waals surface area (Å²) in [6.45, 7) is 1.31. The number of rotatable bonds is 14. The fraction of sp³-hybridized carbons (Fsp3) is 0.361. The summed E-state index contributed by atoms with van der Waals surface area (Å²) in [4.78, 5) is 34.7. The Morgan fingerprint density at radius 3 is 2.37 bits per heavy atom. The van der Waals surface area contributed by atoms with Crippen LogP contribution >= 0.6 is 34.5 Å². The number of esters is 2. The van der Waals surface area contributed by atoms with Gasteiger partial charge in [0.2, 0.25) is 0 Å². The molecule has 2 N–H and O–H groups in total. The van der Waals surface area contributed by atoms with E-state index in [1.165, 1.54) is 38.0 Å². The van der Waals surface area contributed by atoms with Crippen LogP contribution in [-0.4, -0.2) is 74.0 Å². The van der Waals surface area contributed by atoms with Gasteiger partial charge in [-0.1, -0.05) is 59.6 Å². The molecule has 1 unspecified atom stereocenters. The molecular formula is C36H39Cl2N3O7S. The van der Waals surface area contributed by atoms with Gasteiger partial charge in [-0.15, -0.1) is 11.3 Å². The third kappa shape index (κ3) is 8.72. The number of aromatic nitrogens is 1. The number of carbonyl (C=O) groups excluding carboxylic acids is 2. The van der Waals surface area contributed by atoms with Crippen LogP contribution in [0, 0.1) is 0 Å². The predicted molar refractivity (Wildman–Crippen MR) is 189 cm³/mol.